The van der Waals surface area contributed by atoms with Crippen LogP contribution in [0.25, 0.3) is 11.1 Å². The zero-order chi connectivity index (χ0) is 15.4. The number of hydrogen-bond acceptors (Lipinski definition) is 2. The van der Waals surface area contributed by atoms with E-state index in [1.807, 2.05) is 0 Å². The lowest BCUT2D eigenvalue weighted by atomic mass is 10.0. The number of carbonyl (C=O) groups is 2. The average molecular weight is 288 g/mol. The van der Waals surface area contributed by atoms with E-state index in [1.54, 1.807) is 24.3 Å². The minimum atomic E-state index is -1.04. The van der Waals surface area contributed by atoms with Crippen LogP contribution < -0.4 is 0 Å². The molecule has 108 valence electrons. The van der Waals surface area contributed by atoms with Crippen LogP contribution in [0.2, 0.25) is 0 Å². The Balaban J connectivity index is 2.24. The number of carboxylic acids is 2. The van der Waals surface area contributed by atoms with Crippen molar-refractivity contribution in [3.8, 4) is 11.1 Å². The molecule has 0 aliphatic heterocycles. The van der Waals surface area contributed by atoms with Gasteiger partial charge in [-0.25, -0.2) is 9.18 Å². The van der Waals surface area contributed by atoms with Crippen molar-refractivity contribution < 1.29 is 24.2 Å². The fourth-order valence-electron chi connectivity index (χ4n) is 1.99. The molecule has 2 N–H and O–H groups in total. The van der Waals surface area contributed by atoms with Gasteiger partial charge in [-0.15, -0.1) is 0 Å². The van der Waals surface area contributed by atoms with Crippen molar-refractivity contribution >= 4 is 11.9 Å². The van der Waals surface area contributed by atoms with Crippen molar-refractivity contribution in [1.82, 2.24) is 0 Å². The average Bonchev–Trinajstić information content (AvgIpc) is 2.45. The largest absolute Gasteiger partial charge is 0.481 e. The smallest absolute Gasteiger partial charge is 0.335 e. The maximum absolute atomic E-state index is 14.1. The Bertz CT molecular complexity index is 677. The third kappa shape index (κ3) is 3.66. The van der Waals surface area contributed by atoms with Crippen molar-refractivity contribution in [2.75, 3.05) is 0 Å². The van der Waals surface area contributed by atoms with Crippen LogP contribution in [-0.2, 0) is 11.2 Å². The highest BCUT2D eigenvalue weighted by Gasteiger charge is 2.09. The Kier molecular flexibility index (Phi) is 4.33. The van der Waals surface area contributed by atoms with Crippen molar-refractivity contribution in [3.63, 3.8) is 0 Å². The van der Waals surface area contributed by atoms with E-state index in [1.165, 1.54) is 18.2 Å². The highest BCUT2D eigenvalue weighted by Crippen LogP contribution is 2.24. The van der Waals surface area contributed by atoms with E-state index < -0.39 is 17.8 Å². The topological polar surface area (TPSA) is 74.6 Å². The van der Waals surface area contributed by atoms with E-state index in [0.717, 1.165) is 0 Å². The van der Waals surface area contributed by atoms with E-state index >= 15 is 0 Å². The highest BCUT2D eigenvalue weighted by molar-refractivity contribution is 5.88. The van der Waals surface area contributed by atoms with Gasteiger partial charge in [0.1, 0.15) is 5.82 Å². The maximum atomic E-state index is 14.1. The van der Waals surface area contributed by atoms with Crippen LogP contribution in [-0.4, -0.2) is 22.2 Å². The second kappa shape index (κ2) is 6.17. The first kappa shape index (κ1) is 14.7. The third-order valence-electron chi connectivity index (χ3n) is 3.10. The molecule has 2 rings (SSSR count). The summed E-state index contributed by atoms with van der Waals surface area (Å²) in [6.07, 6.45) is 0.219. The van der Waals surface area contributed by atoms with Crippen molar-refractivity contribution in [3.05, 3.63) is 59.4 Å². The van der Waals surface area contributed by atoms with Crippen molar-refractivity contribution in [1.29, 1.82) is 0 Å². The third-order valence-corrected chi connectivity index (χ3v) is 3.10. The molecule has 0 aromatic heterocycles. The lowest BCUT2D eigenvalue weighted by Gasteiger charge is -2.06. The fraction of sp³-hybridized carbons (Fsp3) is 0.125. The summed E-state index contributed by atoms with van der Waals surface area (Å²) in [5.74, 6) is -2.42. The first-order valence-corrected chi connectivity index (χ1v) is 6.31. The lowest BCUT2D eigenvalue weighted by molar-refractivity contribution is -0.136. The number of carboxylic acid groups (broad SMARTS) is 2. The molecule has 0 fully saturated rings. The van der Waals surface area contributed by atoms with Crippen LogP contribution in [0.3, 0.4) is 0 Å². The van der Waals surface area contributed by atoms with E-state index in [4.69, 9.17) is 10.2 Å². The molecule has 0 bridgehead atoms. The summed E-state index contributed by atoms with van der Waals surface area (Å²) < 4.78 is 14.1. The van der Waals surface area contributed by atoms with Crippen LogP contribution in [0.15, 0.2) is 42.5 Å². The Hall–Kier alpha value is -2.69. The van der Waals surface area contributed by atoms with Crippen molar-refractivity contribution in [2.24, 2.45) is 0 Å². The predicted molar refractivity (Wildman–Crippen MR) is 74.8 cm³/mol. The number of aromatic carboxylic acids is 1. The Morgan fingerprint density at radius 1 is 1.00 bits per heavy atom. The van der Waals surface area contributed by atoms with Crippen LogP contribution in [0, 0.1) is 5.82 Å². The Morgan fingerprint density at radius 3 is 2.19 bits per heavy atom. The van der Waals surface area contributed by atoms with Gasteiger partial charge in [-0.05, 0) is 35.7 Å². The highest BCUT2D eigenvalue weighted by atomic mass is 19.1. The second-order valence-corrected chi connectivity index (χ2v) is 4.59. The molecule has 4 nitrogen and oxygen atoms in total. The summed E-state index contributed by atoms with van der Waals surface area (Å²) in [6.45, 7) is 0. The lowest BCUT2D eigenvalue weighted by Crippen LogP contribution is -1.98. The zero-order valence-corrected chi connectivity index (χ0v) is 11.0. The minimum Gasteiger partial charge on any atom is -0.481 e. The van der Waals surface area contributed by atoms with Gasteiger partial charge in [-0.1, -0.05) is 24.3 Å². The summed E-state index contributed by atoms with van der Waals surface area (Å²) >= 11 is 0. The van der Waals surface area contributed by atoms with E-state index in [9.17, 15) is 14.0 Å². The predicted octanol–water partition coefficient (Wildman–Crippen LogP) is 3.21. The van der Waals surface area contributed by atoms with Crippen LogP contribution in [0.4, 0.5) is 4.39 Å². The monoisotopic (exact) mass is 288 g/mol. The number of aliphatic carboxylic acids is 1. The quantitative estimate of drug-likeness (QED) is 0.886. The fourth-order valence-corrected chi connectivity index (χ4v) is 1.99. The first-order valence-electron chi connectivity index (χ1n) is 6.31. The Labute approximate surface area is 120 Å². The molecule has 2 aromatic carbocycles. The Morgan fingerprint density at radius 2 is 1.67 bits per heavy atom. The van der Waals surface area contributed by atoms with Gasteiger partial charge < -0.3 is 10.2 Å². The second-order valence-electron chi connectivity index (χ2n) is 4.59. The molecule has 0 aliphatic rings. The van der Waals surface area contributed by atoms with E-state index in [-0.39, 0.29) is 18.4 Å². The molecule has 21 heavy (non-hydrogen) atoms. The number of aryl methyl sites for hydroxylation is 1. The molecular formula is C16H13FO4. The minimum absolute atomic E-state index is 0.0495. The zero-order valence-electron chi connectivity index (χ0n) is 11.0. The molecule has 0 amide bonds. The van der Waals surface area contributed by atoms with Crippen LogP contribution >= 0.6 is 0 Å². The van der Waals surface area contributed by atoms with Crippen molar-refractivity contribution in [2.45, 2.75) is 12.8 Å². The summed E-state index contributed by atoms with van der Waals surface area (Å²) in [5, 5.41) is 17.4. The number of benzene rings is 2. The molecule has 0 spiro atoms. The standard InChI is InChI=1S/C16H13FO4/c17-14-9-10(2-8-15(18)19)1-7-13(14)11-3-5-12(6-4-11)16(20)21/h1,3-7,9H,2,8H2,(H,18,19)(H,20,21). The number of hydrogen-bond donors (Lipinski definition) is 2. The SMILES string of the molecule is O=C(O)CCc1ccc(-c2ccc(C(=O)O)cc2)c(F)c1. The first-order chi connectivity index (χ1) is 9.97. The van der Waals surface area contributed by atoms with E-state index in [2.05, 4.69) is 0 Å². The molecule has 0 saturated heterocycles. The molecular weight excluding hydrogens is 275 g/mol. The molecule has 5 heteroatoms. The van der Waals surface area contributed by atoms with E-state index in [0.29, 0.717) is 16.7 Å². The molecule has 0 heterocycles. The van der Waals surface area contributed by atoms with Gasteiger partial charge in [0, 0.05) is 12.0 Å². The molecule has 0 unspecified atom stereocenters. The summed E-state index contributed by atoms with van der Waals surface area (Å²) in [7, 11) is 0. The van der Waals surface area contributed by atoms with Crippen LogP contribution in [0.5, 0.6) is 0 Å². The summed E-state index contributed by atoms with van der Waals surface area (Å²) in [6, 6.07) is 10.5. The van der Waals surface area contributed by atoms with Gasteiger partial charge in [-0.2, -0.15) is 0 Å². The normalized spacial score (nSPS) is 10.3. The number of halogens is 1. The van der Waals surface area contributed by atoms with Gasteiger partial charge in [0.2, 0.25) is 0 Å². The van der Waals surface area contributed by atoms with Gasteiger partial charge in [0.25, 0.3) is 0 Å². The molecule has 0 radical (unpaired) electrons. The van der Waals surface area contributed by atoms with Gasteiger partial charge in [-0.3, -0.25) is 4.79 Å². The maximum Gasteiger partial charge on any atom is 0.335 e. The molecule has 0 atom stereocenters. The van der Waals surface area contributed by atoms with Crippen LogP contribution in [0.1, 0.15) is 22.3 Å². The van der Waals surface area contributed by atoms with Gasteiger partial charge in [0.05, 0.1) is 5.56 Å². The van der Waals surface area contributed by atoms with Gasteiger partial charge in [0.15, 0.2) is 0 Å². The summed E-state index contributed by atoms with van der Waals surface area (Å²) in [5.41, 5.74) is 1.67. The summed E-state index contributed by atoms with van der Waals surface area (Å²) in [4.78, 5) is 21.3. The molecule has 0 saturated carbocycles. The molecule has 2 aromatic rings. The molecule has 0 aliphatic carbocycles. The number of rotatable bonds is 5. The van der Waals surface area contributed by atoms with Gasteiger partial charge >= 0.3 is 11.9 Å².